The number of carbonyl (C=O) groups is 1. The summed E-state index contributed by atoms with van der Waals surface area (Å²) in [6, 6.07) is 5.74. The van der Waals surface area contributed by atoms with Crippen molar-refractivity contribution in [1.29, 1.82) is 0 Å². The van der Waals surface area contributed by atoms with Crippen molar-refractivity contribution in [2.24, 2.45) is 0 Å². The fraction of sp³-hybridized carbons (Fsp3) is 0.500. The normalized spacial score (nSPS) is 18.9. The summed E-state index contributed by atoms with van der Waals surface area (Å²) >= 11 is 7.55. The van der Waals surface area contributed by atoms with E-state index in [1.165, 1.54) is 24.1 Å². The number of benzene rings is 1. The average Bonchev–Trinajstić information content (AvgIpc) is 3.31. The molecule has 0 saturated heterocycles. The number of aromatic nitrogens is 4. The van der Waals surface area contributed by atoms with E-state index < -0.39 is 11.9 Å². The van der Waals surface area contributed by atoms with Crippen molar-refractivity contribution in [2.45, 2.75) is 70.3 Å². The molecule has 0 atom stereocenters. The fourth-order valence-electron chi connectivity index (χ4n) is 4.36. The van der Waals surface area contributed by atoms with Gasteiger partial charge in [0, 0.05) is 28.7 Å². The number of hydrogen-bond acceptors (Lipinski definition) is 6. The van der Waals surface area contributed by atoms with Gasteiger partial charge in [0.05, 0.1) is 22.9 Å². The van der Waals surface area contributed by atoms with Crippen LogP contribution in [0.25, 0.3) is 10.9 Å². The molecule has 1 aromatic carbocycles. The van der Waals surface area contributed by atoms with E-state index in [0.29, 0.717) is 41.8 Å². The summed E-state index contributed by atoms with van der Waals surface area (Å²) in [4.78, 5) is 16.5. The largest absolute Gasteiger partial charge is 0.433 e. The van der Waals surface area contributed by atoms with Crippen molar-refractivity contribution < 1.29 is 18.0 Å². The molecule has 0 bridgehead atoms. The molecule has 194 valence electrons. The van der Waals surface area contributed by atoms with Crippen LogP contribution in [0.1, 0.15) is 62.6 Å². The molecule has 0 aliphatic heterocycles. The van der Waals surface area contributed by atoms with Gasteiger partial charge in [-0.05, 0) is 70.7 Å². The zero-order chi connectivity index (χ0) is 26.3. The number of fused-ring (bicyclic) bond motifs is 1. The van der Waals surface area contributed by atoms with Gasteiger partial charge in [-0.15, -0.1) is 5.10 Å². The number of anilines is 1. The van der Waals surface area contributed by atoms with Crippen LogP contribution in [0.2, 0.25) is 5.02 Å². The minimum Gasteiger partial charge on any atom is -0.348 e. The van der Waals surface area contributed by atoms with E-state index in [4.69, 9.17) is 11.6 Å². The standard InChI is InChI=1S/C24H28ClF3N6OS/c1-23(2,3)33-13-19(31-32-33)22(35)29-15-6-8-16(9-7-15)34(36-4)20-12-21(24(26,27)28)30-18-10-5-14(25)11-17(18)20/h5,10-13,15-16H,6-9H2,1-4H3,(H,29,35). The second-order valence-corrected chi connectivity index (χ2v) is 11.1. The number of hydrogen-bond donors (Lipinski definition) is 1. The Labute approximate surface area is 216 Å². The lowest BCUT2D eigenvalue weighted by Gasteiger charge is -2.37. The highest BCUT2D eigenvalue weighted by Gasteiger charge is 2.35. The van der Waals surface area contributed by atoms with Crippen LogP contribution in [0.3, 0.4) is 0 Å². The summed E-state index contributed by atoms with van der Waals surface area (Å²) in [7, 11) is 0. The number of carbonyl (C=O) groups excluding carboxylic acids is 1. The van der Waals surface area contributed by atoms with E-state index in [-0.39, 0.29) is 34.7 Å². The average molecular weight is 541 g/mol. The Bertz CT molecular complexity index is 1250. The van der Waals surface area contributed by atoms with Crippen LogP contribution in [0.15, 0.2) is 30.5 Å². The van der Waals surface area contributed by atoms with Crippen LogP contribution >= 0.6 is 23.5 Å². The molecule has 2 aromatic heterocycles. The fourth-order valence-corrected chi connectivity index (χ4v) is 5.39. The Balaban J connectivity index is 1.50. The second kappa shape index (κ2) is 10.1. The molecular weight excluding hydrogens is 513 g/mol. The van der Waals surface area contributed by atoms with E-state index in [1.54, 1.807) is 16.9 Å². The molecule has 7 nitrogen and oxygen atoms in total. The highest BCUT2D eigenvalue weighted by Crippen LogP contribution is 2.40. The van der Waals surface area contributed by atoms with Gasteiger partial charge in [0.25, 0.3) is 5.91 Å². The first-order valence-corrected chi connectivity index (χ1v) is 13.2. The third kappa shape index (κ3) is 5.72. The van der Waals surface area contributed by atoms with Crippen LogP contribution in [0.5, 0.6) is 0 Å². The molecule has 1 fully saturated rings. The molecule has 36 heavy (non-hydrogen) atoms. The van der Waals surface area contributed by atoms with Gasteiger partial charge < -0.3 is 9.62 Å². The summed E-state index contributed by atoms with van der Waals surface area (Å²) in [5, 5.41) is 12.1. The first-order chi connectivity index (χ1) is 16.9. The Hall–Kier alpha value is -2.53. The molecule has 1 amide bonds. The highest BCUT2D eigenvalue weighted by molar-refractivity contribution is 8.00. The van der Waals surface area contributed by atoms with Crippen LogP contribution in [0, 0.1) is 0 Å². The predicted octanol–water partition coefficient (Wildman–Crippen LogP) is 6.08. The van der Waals surface area contributed by atoms with Gasteiger partial charge in [0.15, 0.2) is 5.69 Å². The first-order valence-electron chi connectivity index (χ1n) is 11.6. The Kier molecular flexibility index (Phi) is 7.43. The van der Waals surface area contributed by atoms with Gasteiger partial charge in [-0.1, -0.05) is 28.8 Å². The van der Waals surface area contributed by atoms with Gasteiger partial charge in [0.1, 0.15) is 5.69 Å². The zero-order valence-corrected chi connectivity index (χ0v) is 22.0. The van der Waals surface area contributed by atoms with Crippen molar-refractivity contribution in [2.75, 3.05) is 10.6 Å². The van der Waals surface area contributed by atoms with E-state index in [2.05, 4.69) is 20.6 Å². The molecule has 3 aromatic rings. The number of alkyl halides is 3. The van der Waals surface area contributed by atoms with E-state index >= 15 is 0 Å². The molecule has 1 aliphatic rings. The lowest BCUT2D eigenvalue weighted by molar-refractivity contribution is -0.140. The van der Waals surface area contributed by atoms with Crippen molar-refractivity contribution >= 4 is 46.0 Å². The van der Waals surface area contributed by atoms with Crippen LogP contribution in [0.4, 0.5) is 18.9 Å². The summed E-state index contributed by atoms with van der Waals surface area (Å²) in [6.07, 6.45) is 1.69. The first kappa shape index (κ1) is 26.5. The maximum Gasteiger partial charge on any atom is 0.433 e. The quantitative estimate of drug-likeness (QED) is 0.395. The van der Waals surface area contributed by atoms with Gasteiger partial charge in [0.2, 0.25) is 0 Å². The maximum absolute atomic E-state index is 13.6. The molecule has 0 spiro atoms. The maximum atomic E-state index is 13.6. The molecule has 2 heterocycles. The van der Waals surface area contributed by atoms with Crippen molar-refractivity contribution in [3.63, 3.8) is 0 Å². The molecule has 1 N–H and O–H groups in total. The van der Waals surface area contributed by atoms with Crippen LogP contribution < -0.4 is 9.62 Å². The minimum atomic E-state index is -4.57. The third-order valence-electron chi connectivity index (χ3n) is 6.25. The SMILES string of the molecule is CSN(c1cc(C(F)(F)F)nc2ccc(Cl)cc12)C1CCC(NC(=O)c2cn(C(C)(C)C)nn2)CC1. The summed E-state index contributed by atoms with van der Waals surface area (Å²) < 4.78 is 44.4. The minimum absolute atomic E-state index is 0.0133. The topological polar surface area (TPSA) is 75.9 Å². The molecular formula is C24H28ClF3N6OS. The number of nitrogens with one attached hydrogen (secondary N) is 1. The van der Waals surface area contributed by atoms with Crippen LogP contribution in [-0.2, 0) is 11.7 Å². The molecule has 1 saturated carbocycles. The molecule has 0 unspecified atom stereocenters. The number of halogens is 4. The Morgan fingerprint density at radius 1 is 1.17 bits per heavy atom. The molecule has 0 radical (unpaired) electrons. The van der Waals surface area contributed by atoms with Gasteiger partial charge in [-0.3, -0.25) is 4.79 Å². The summed E-state index contributed by atoms with van der Waals surface area (Å²) in [6.45, 7) is 5.92. The molecule has 4 rings (SSSR count). The van der Waals surface area contributed by atoms with Gasteiger partial charge >= 0.3 is 6.18 Å². The van der Waals surface area contributed by atoms with E-state index in [9.17, 15) is 18.0 Å². The van der Waals surface area contributed by atoms with Crippen molar-refractivity contribution in [3.05, 3.63) is 46.9 Å². The third-order valence-corrected chi connectivity index (χ3v) is 7.37. The Morgan fingerprint density at radius 2 is 1.86 bits per heavy atom. The van der Waals surface area contributed by atoms with Gasteiger partial charge in [-0.25, -0.2) is 9.67 Å². The summed E-state index contributed by atoms with van der Waals surface area (Å²) in [5.41, 5.74) is -0.271. The summed E-state index contributed by atoms with van der Waals surface area (Å²) in [5.74, 6) is -0.278. The lowest BCUT2D eigenvalue weighted by atomic mass is 9.90. The van der Waals surface area contributed by atoms with Crippen molar-refractivity contribution in [3.8, 4) is 0 Å². The number of pyridine rings is 1. The number of rotatable bonds is 5. The lowest BCUT2D eigenvalue weighted by Crippen LogP contribution is -2.42. The molecule has 12 heteroatoms. The monoisotopic (exact) mass is 540 g/mol. The highest BCUT2D eigenvalue weighted by atomic mass is 35.5. The zero-order valence-electron chi connectivity index (χ0n) is 20.4. The van der Waals surface area contributed by atoms with E-state index in [0.717, 1.165) is 6.07 Å². The van der Waals surface area contributed by atoms with E-state index in [1.807, 2.05) is 31.3 Å². The smallest absolute Gasteiger partial charge is 0.348 e. The Morgan fingerprint density at radius 3 is 2.44 bits per heavy atom. The van der Waals surface area contributed by atoms with Gasteiger partial charge in [-0.2, -0.15) is 13.2 Å². The number of nitrogens with zero attached hydrogens (tertiary/aromatic N) is 5. The van der Waals surface area contributed by atoms with Crippen molar-refractivity contribution in [1.82, 2.24) is 25.3 Å². The second-order valence-electron chi connectivity index (χ2n) is 9.89. The molecule has 1 aliphatic carbocycles. The van der Waals surface area contributed by atoms with Crippen LogP contribution in [-0.4, -0.2) is 44.2 Å². The predicted molar refractivity (Wildman–Crippen MR) is 136 cm³/mol. The number of amides is 1.